The summed E-state index contributed by atoms with van der Waals surface area (Å²) in [5.74, 6) is -2.71. The van der Waals surface area contributed by atoms with Gasteiger partial charge in [0.05, 0.1) is 15.4 Å². The van der Waals surface area contributed by atoms with Crippen LogP contribution in [0, 0.1) is 5.82 Å². The van der Waals surface area contributed by atoms with Crippen LogP contribution in [-0.4, -0.2) is 32.6 Å². The van der Waals surface area contributed by atoms with Crippen LogP contribution in [0.3, 0.4) is 0 Å². The first kappa shape index (κ1) is 18.4. The van der Waals surface area contributed by atoms with E-state index in [4.69, 9.17) is 14.6 Å². The largest absolute Gasteiger partial charge is 0.480 e. The van der Waals surface area contributed by atoms with Gasteiger partial charge < -0.3 is 15.8 Å². The molecular weight excluding hydrogens is 444 g/mol. The number of methoxy groups -OCH3 is 1. The highest BCUT2D eigenvalue weighted by molar-refractivity contribution is 5.97. The summed E-state index contributed by atoms with van der Waals surface area (Å²) in [6, 6.07) is 4.03. The molecule has 0 atom stereocenters. The zero-order valence-corrected chi connectivity index (χ0v) is 16.8. The van der Waals surface area contributed by atoms with Crippen LogP contribution >= 0.6 is 0 Å². The first-order chi connectivity index (χ1) is 16.9. The molecule has 0 aliphatic rings. The average molecular weight is 463 g/mol. The molecule has 1 amide bonds. The fourth-order valence-corrected chi connectivity index (χ4v) is 2.96. The minimum absolute atomic E-state index is 0.0141. The van der Waals surface area contributed by atoms with E-state index in [0.29, 0.717) is 18.2 Å². The molecule has 4 rings (SSSR count). The van der Waals surface area contributed by atoms with Crippen LogP contribution in [0.2, 0.25) is 1.41 Å². The van der Waals surface area contributed by atoms with E-state index < -0.39 is 59.2 Å². The van der Waals surface area contributed by atoms with E-state index in [1.807, 2.05) is 0 Å². The summed E-state index contributed by atoms with van der Waals surface area (Å²) >= 11 is 0. The molecule has 0 spiro atoms. The van der Waals surface area contributed by atoms with E-state index in [0.717, 1.165) is 7.11 Å². The number of halogens is 4. The molecule has 170 valence electrons. The van der Waals surface area contributed by atoms with Gasteiger partial charge in [0.25, 0.3) is 5.91 Å². The van der Waals surface area contributed by atoms with Gasteiger partial charge in [0, 0.05) is 30.0 Å². The number of nitrogens with one attached hydrogen (secondary N) is 1. The van der Waals surface area contributed by atoms with Crippen molar-refractivity contribution in [3.8, 4) is 17.0 Å². The number of ether oxygens (including phenoxy) is 1. The van der Waals surface area contributed by atoms with Crippen molar-refractivity contribution < 1.29 is 31.2 Å². The molecule has 33 heavy (non-hydrogen) atoms. The number of alkyl halides is 3. The third-order valence-electron chi connectivity index (χ3n) is 4.55. The number of aromatic nitrogens is 4. The predicted molar refractivity (Wildman–Crippen MR) is 110 cm³/mol. The summed E-state index contributed by atoms with van der Waals surface area (Å²) in [6.07, 6.45) is -3.72. The minimum Gasteiger partial charge on any atom is -0.480 e. The van der Waals surface area contributed by atoms with Crippen LogP contribution in [0.4, 0.5) is 23.5 Å². The molecule has 1 aromatic carbocycles. The lowest BCUT2D eigenvalue weighted by molar-refractivity contribution is -0.137. The molecule has 0 bridgehead atoms. The molecule has 0 saturated carbocycles. The Kier molecular flexibility index (Phi) is 4.66. The number of hydrogen-bond acceptors (Lipinski definition) is 6. The fourth-order valence-electron chi connectivity index (χ4n) is 2.96. The molecule has 0 unspecified atom stereocenters. The smallest absolute Gasteiger partial charge is 0.416 e. The number of nitrogens with two attached hydrogens (primary N) is 1. The Morgan fingerprint density at radius 2 is 2.09 bits per heavy atom. The number of anilines is 1. The van der Waals surface area contributed by atoms with Gasteiger partial charge in [0.2, 0.25) is 11.8 Å². The van der Waals surface area contributed by atoms with E-state index >= 15 is 0 Å². The van der Waals surface area contributed by atoms with Crippen molar-refractivity contribution in [3.63, 3.8) is 0 Å². The third-order valence-corrected chi connectivity index (χ3v) is 4.55. The molecule has 0 saturated heterocycles. The third kappa shape index (κ3) is 4.54. The molecule has 8 nitrogen and oxygen atoms in total. The van der Waals surface area contributed by atoms with E-state index in [-0.39, 0.29) is 28.0 Å². The molecule has 4 aromatic rings. The number of hydrogen-bond donors (Lipinski definition) is 2. The van der Waals surface area contributed by atoms with Crippen LogP contribution < -0.4 is 15.8 Å². The summed E-state index contributed by atoms with van der Waals surface area (Å²) in [6.45, 7) is -0.861. The molecule has 0 aliphatic heterocycles. The number of benzene rings is 1. The lowest BCUT2D eigenvalue weighted by Gasteiger charge is -2.12. The molecule has 0 fully saturated rings. The average Bonchev–Trinajstić information content (AvgIpc) is 3.18. The maximum Gasteiger partial charge on any atom is 0.416 e. The molecule has 12 heteroatoms. The van der Waals surface area contributed by atoms with E-state index in [2.05, 4.69) is 15.1 Å². The van der Waals surface area contributed by atoms with Crippen molar-refractivity contribution in [1.29, 1.82) is 0 Å². The predicted octanol–water partition coefficient (Wildman–Crippen LogP) is 3.47. The van der Waals surface area contributed by atoms with Gasteiger partial charge in [-0.25, -0.2) is 13.9 Å². The van der Waals surface area contributed by atoms with Crippen molar-refractivity contribution in [3.05, 3.63) is 71.3 Å². The molecule has 3 aromatic heterocycles. The van der Waals surface area contributed by atoms with Crippen LogP contribution in [0.5, 0.6) is 5.88 Å². The Bertz CT molecular complexity index is 1500. The number of rotatable bonds is 5. The van der Waals surface area contributed by atoms with Gasteiger partial charge in [-0.2, -0.15) is 18.2 Å². The monoisotopic (exact) mass is 463 g/mol. The normalized spacial score (nSPS) is 12.8. The Balaban J connectivity index is 1.75. The molecular formula is C21H16F4N6O2. The van der Waals surface area contributed by atoms with Crippen molar-refractivity contribution in [1.82, 2.24) is 24.9 Å². The highest BCUT2D eigenvalue weighted by Crippen LogP contribution is 2.30. The highest BCUT2D eigenvalue weighted by atomic mass is 19.4. The van der Waals surface area contributed by atoms with Gasteiger partial charge in [-0.3, -0.25) is 4.79 Å². The summed E-state index contributed by atoms with van der Waals surface area (Å²) in [5.41, 5.74) is 3.77. The van der Waals surface area contributed by atoms with E-state index in [1.165, 1.54) is 22.8 Å². The standard InChI is InChI=1S/C21H16F4N6O2/c1-33-19-15(18(32)27-10-13-6-14(21(23,24)25)2-3-16(13)22)7-12(9-28-19)11-4-5-31-17(8-11)29-20(26)30-31/h2-9H,10H2,1H3,(H2,26,30)(H,27,32)/i7D,9D/hD. The number of nitrogen functional groups attached to an aromatic ring is 1. The van der Waals surface area contributed by atoms with E-state index in [9.17, 15) is 22.4 Å². The molecule has 0 radical (unpaired) electrons. The van der Waals surface area contributed by atoms with Gasteiger partial charge in [-0.1, -0.05) is 0 Å². The lowest BCUT2D eigenvalue weighted by atomic mass is 10.1. The second kappa shape index (κ2) is 8.37. The van der Waals surface area contributed by atoms with Crippen LogP contribution in [0.15, 0.2) is 48.7 Å². The Labute approximate surface area is 188 Å². The zero-order chi connectivity index (χ0) is 26.4. The van der Waals surface area contributed by atoms with Crippen LogP contribution in [-0.2, 0) is 12.7 Å². The fraction of sp³-hybridized carbons (Fsp3) is 0.143. The number of nitrogens with zero attached hydrogens (tertiary/aromatic N) is 4. The summed E-state index contributed by atoms with van der Waals surface area (Å²) in [5, 5.41) is 4.11. The van der Waals surface area contributed by atoms with Gasteiger partial charge >= 0.3 is 6.18 Å². The van der Waals surface area contributed by atoms with Crippen molar-refractivity contribution in [2.24, 2.45) is 0 Å². The maximum absolute atomic E-state index is 14.2. The quantitative estimate of drug-likeness (QED) is 0.439. The molecule has 3 heterocycles. The Hall–Kier alpha value is -4.22. The van der Waals surface area contributed by atoms with Crippen LogP contribution in [0.25, 0.3) is 16.8 Å². The SMILES string of the molecule is [2H]c1nc(OC)c(C(=O)N([2H])Cc2cc(C(F)(F)F)ccc2F)c([2H])c1-c1ccn2nc(N)nc2c1. The molecule has 3 N–H and O–H groups in total. The van der Waals surface area contributed by atoms with Gasteiger partial charge in [0.15, 0.2) is 7.06 Å². The highest BCUT2D eigenvalue weighted by Gasteiger charge is 2.31. The first-order valence-electron chi connectivity index (χ1n) is 10.7. The first-order valence-corrected chi connectivity index (χ1v) is 9.24. The number of amides is 1. The second-order valence-corrected chi connectivity index (χ2v) is 6.72. The van der Waals surface area contributed by atoms with Gasteiger partial charge in [0.1, 0.15) is 11.4 Å². The zero-order valence-electron chi connectivity index (χ0n) is 19.8. The van der Waals surface area contributed by atoms with E-state index in [1.54, 1.807) is 0 Å². The summed E-state index contributed by atoms with van der Waals surface area (Å²) in [7, 11) is 1.13. The van der Waals surface area contributed by atoms with Gasteiger partial charge in [-0.15, -0.1) is 5.10 Å². The lowest BCUT2D eigenvalue weighted by Crippen LogP contribution is -2.24. The van der Waals surface area contributed by atoms with Crippen molar-refractivity contribution in [2.75, 3.05) is 12.8 Å². The second-order valence-electron chi connectivity index (χ2n) is 6.72. The van der Waals surface area contributed by atoms with Gasteiger partial charge in [-0.05, 0) is 41.9 Å². The number of pyridine rings is 2. The number of carbonyl (C=O) groups is 1. The topological polar surface area (TPSA) is 107 Å². The van der Waals surface area contributed by atoms with Crippen molar-refractivity contribution in [2.45, 2.75) is 12.7 Å². The minimum atomic E-state index is -4.75. The number of fused-ring (bicyclic) bond motifs is 1. The Morgan fingerprint density at radius 1 is 1.30 bits per heavy atom. The Morgan fingerprint density at radius 3 is 2.82 bits per heavy atom. The maximum atomic E-state index is 14.2. The van der Waals surface area contributed by atoms with Crippen LogP contribution in [0.1, 0.15) is 24.2 Å². The molecule has 0 aliphatic carbocycles. The van der Waals surface area contributed by atoms with Crippen molar-refractivity contribution >= 4 is 17.5 Å². The summed E-state index contributed by atoms with van der Waals surface area (Å²) in [4.78, 5) is 21.0. The summed E-state index contributed by atoms with van der Waals surface area (Å²) < 4.78 is 84.5. The number of carbonyl (C=O) groups excluding carboxylic acids is 1.